The Balaban J connectivity index is 0.00000450. The number of nitrogens with one attached hydrogen (secondary N) is 3. The maximum atomic E-state index is 12.5. The molecule has 1 aromatic rings. The van der Waals surface area contributed by atoms with Gasteiger partial charge in [0.15, 0.2) is 5.96 Å². The van der Waals surface area contributed by atoms with Gasteiger partial charge in [0.25, 0.3) is 5.91 Å². The fourth-order valence-electron chi connectivity index (χ4n) is 3.14. The van der Waals surface area contributed by atoms with Crippen molar-refractivity contribution in [3.8, 4) is 0 Å². The van der Waals surface area contributed by atoms with Crippen molar-refractivity contribution in [2.75, 3.05) is 32.7 Å². The minimum atomic E-state index is -0.108. The molecule has 8 heteroatoms. The molecule has 0 aliphatic carbocycles. The normalized spacial score (nSPS) is 14.2. The Kier molecular flexibility index (Phi) is 12.4. The van der Waals surface area contributed by atoms with Crippen LogP contribution in [0.25, 0.3) is 0 Å². The maximum absolute atomic E-state index is 12.5. The van der Waals surface area contributed by atoms with E-state index >= 15 is 0 Å². The minimum Gasteiger partial charge on any atom is -0.357 e. The van der Waals surface area contributed by atoms with E-state index in [9.17, 15) is 9.59 Å². The van der Waals surface area contributed by atoms with E-state index in [4.69, 9.17) is 0 Å². The van der Waals surface area contributed by atoms with Crippen molar-refractivity contribution in [2.24, 2.45) is 10.9 Å². The second kappa shape index (κ2) is 14.2. The van der Waals surface area contributed by atoms with Crippen molar-refractivity contribution >= 4 is 41.8 Å². The van der Waals surface area contributed by atoms with E-state index in [1.165, 1.54) is 12.8 Å². The standard InChI is InChI=1S/C22H35N5O2.HI/c1-4-23-22(25-12-6-5-7-17(2)3)26-15-18-8-10-19(11-9-18)21(29)27-14-13-24-20(28)16-27;/h8-11,17H,4-7,12-16H2,1-3H3,(H,24,28)(H2,23,25,26);1H. The van der Waals surface area contributed by atoms with Gasteiger partial charge in [0.1, 0.15) is 0 Å². The molecular weight excluding hydrogens is 493 g/mol. The third kappa shape index (κ3) is 9.32. The Bertz CT molecular complexity index is 691. The summed E-state index contributed by atoms with van der Waals surface area (Å²) >= 11 is 0. The summed E-state index contributed by atoms with van der Waals surface area (Å²) in [5, 5.41) is 9.38. The molecule has 0 atom stereocenters. The van der Waals surface area contributed by atoms with Crippen LogP contribution in [-0.4, -0.2) is 55.4 Å². The molecule has 1 heterocycles. The summed E-state index contributed by atoms with van der Waals surface area (Å²) in [5.41, 5.74) is 1.64. The number of piperazine rings is 1. The maximum Gasteiger partial charge on any atom is 0.254 e. The van der Waals surface area contributed by atoms with Gasteiger partial charge in [0.05, 0.1) is 13.1 Å². The summed E-state index contributed by atoms with van der Waals surface area (Å²) in [6.45, 7) is 10.0. The average Bonchev–Trinajstić information content (AvgIpc) is 2.71. The number of rotatable bonds is 9. The Morgan fingerprint density at radius 1 is 1.20 bits per heavy atom. The van der Waals surface area contributed by atoms with Gasteiger partial charge in [0.2, 0.25) is 5.91 Å². The second-order valence-corrected chi connectivity index (χ2v) is 7.79. The van der Waals surface area contributed by atoms with Crippen LogP contribution in [0.1, 0.15) is 56.0 Å². The van der Waals surface area contributed by atoms with Gasteiger partial charge < -0.3 is 20.9 Å². The van der Waals surface area contributed by atoms with Crippen LogP contribution in [0, 0.1) is 5.92 Å². The van der Waals surface area contributed by atoms with Crippen molar-refractivity contribution in [1.29, 1.82) is 0 Å². The average molecular weight is 529 g/mol. The fraction of sp³-hybridized carbons (Fsp3) is 0.591. The number of hydrogen-bond acceptors (Lipinski definition) is 3. The summed E-state index contributed by atoms with van der Waals surface area (Å²) in [7, 11) is 0. The van der Waals surface area contributed by atoms with Crippen LogP contribution in [-0.2, 0) is 11.3 Å². The topological polar surface area (TPSA) is 85.8 Å². The van der Waals surface area contributed by atoms with Gasteiger partial charge in [-0.15, -0.1) is 24.0 Å². The van der Waals surface area contributed by atoms with Crippen LogP contribution in [0.2, 0.25) is 0 Å². The van der Waals surface area contributed by atoms with Gasteiger partial charge in [-0.05, 0) is 37.0 Å². The van der Waals surface area contributed by atoms with Crippen LogP contribution < -0.4 is 16.0 Å². The van der Waals surface area contributed by atoms with Gasteiger partial charge >= 0.3 is 0 Å². The molecule has 3 N–H and O–H groups in total. The van der Waals surface area contributed by atoms with E-state index in [0.29, 0.717) is 25.2 Å². The Morgan fingerprint density at radius 3 is 2.57 bits per heavy atom. The lowest BCUT2D eigenvalue weighted by Crippen LogP contribution is -2.49. The van der Waals surface area contributed by atoms with Gasteiger partial charge in [0, 0.05) is 31.7 Å². The lowest BCUT2D eigenvalue weighted by molar-refractivity contribution is -0.123. The van der Waals surface area contributed by atoms with Crippen LogP contribution >= 0.6 is 24.0 Å². The number of benzene rings is 1. The number of hydrogen-bond donors (Lipinski definition) is 3. The van der Waals surface area contributed by atoms with E-state index < -0.39 is 0 Å². The first kappa shape index (κ1) is 26.2. The molecule has 1 fully saturated rings. The molecule has 2 rings (SSSR count). The molecule has 1 aliphatic rings. The molecule has 1 saturated heterocycles. The van der Waals surface area contributed by atoms with E-state index in [2.05, 4.69) is 41.7 Å². The zero-order chi connectivity index (χ0) is 21.1. The Hall–Kier alpha value is -1.84. The molecule has 0 aromatic heterocycles. The highest BCUT2D eigenvalue weighted by molar-refractivity contribution is 14.0. The Morgan fingerprint density at radius 2 is 1.93 bits per heavy atom. The number of halogens is 1. The summed E-state index contributed by atoms with van der Waals surface area (Å²) in [6.07, 6.45) is 3.61. The molecule has 0 unspecified atom stereocenters. The van der Waals surface area contributed by atoms with Gasteiger partial charge in [-0.2, -0.15) is 0 Å². The van der Waals surface area contributed by atoms with E-state index in [1.54, 1.807) is 4.90 Å². The molecule has 0 bridgehead atoms. The third-order valence-corrected chi connectivity index (χ3v) is 4.79. The smallest absolute Gasteiger partial charge is 0.254 e. The van der Waals surface area contributed by atoms with E-state index in [0.717, 1.165) is 37.0 Å². The fourth-order valence-corrected chi connectivity index (χ4v) is 3.14. The van der Waals surface area contributed by atoms with Crippen molar-refractivity contribution < 1.29 is 9.59 Å². The van der Waals surface area contributed by atoms with Crippen molar-refractivity contribution in [3.05, 3.63) is 35.4 Å². The molecule has 168 valence electrons. The van der Waals surface area contributed by atoms with Gasteiger partial charge in [-0.1, -0.05) is 38.8 Å². The number of carbonyl (C=O) groups excluding carboxylic acids is 2. The number of guanidine groups is 1. The first-order valence-electron chi connectivity index (χ1n) is 10.7. The lowest BCUT2D eigenvalue weighted by atomic mass is 10.1. The summed E-state index contributed by atoms with van der Waals surface area (Å²) in [4.78, 5) is 30.2. The third-order valence-electron chi connectivity index (χ3n) is 4.79. The van der Waals surface area contributed by atoms with Crippen LogP contribution in [0.3, 0.4) is 0 Å². The summed E-state index contributed by atoms with van der Waals surface area (Å²) in [6, 6.07) is 7.47. The monoisotopic (exact) mass is 529 g/mol. The van der Waals surface area contributed by atoms with E-state index in [1.807, 2.05) is 24.3 Å². The minimum absolute atomic E-state index is 0. The first-order chi connectivity index (χ1) is 14.0. The molecule has 0 saturated carbocycles. The molecule has 0 spiro atoms. The molecule has 30 heavy (non-hydrogen) atoms. The quantitative estimate of drug-likeness (QED) is 0.199. The lowest BCUT2D eigenvalue weighted by Gasteiger charge is -2.26. The van der Waals surface area contributed by atoms with Crippen LogP contribution in [0.15, 0.2) is 29.3 Å². The molecular formula is C22H36IN5O2. The predicted octanol–water partition coefficient (Wildman–Crippen LogP) is 2.76. The summed E-state index contributed by atoms with van der Waals surface area (Å²) in [5.74, 6) is 1.35. The highest BCUT2D eigenvalue weighted by Gasteiger charge is 2.22. The number of unbranched alkanes of at least 4 members (excludes halogenated alkanes) is 1. The highest BCUT2D eigenvalue weighted by Crippen LogP contribution is 2.10. The number of nitrogens with zero attached hydrogens (tertiary/aromatic N) is 2. The largest absolute Gasteiger partial charge is 0.357 e. The SMILES string of the molecule is CCNC(=NCc1ccc(C(=O)N2CCNC(=O)C2)cc1)NCCCCC(C)C.I. The molecule has 1 aromatic carbocycles. The Labute approximate surface area is 197 Å². The van der Waals surface area contributed by atoms with Crippen molar-refractivity contribution in [3.63, 3.8) is 0 Å². The molecule has 2 amide bonds. The number of carbonyl (C=O) groups is 2. The summed E-state index contributed by atoms with van der Waals surface area (Å²) < 4.78 is 0. The second-order valence-electron chi connectivity index (χ2n) is 7.79. The van der Waals surface area contributed by atoms with Crippen molar-refractivity contribution in [2.45, 2.75) is 46.6 Å². The van der Waals surface area contributed by atoms with Gasteiger partial charge in [-0.25, -0.2) is 4.99 Å². The first-order valence-corrected chi connectivity index (χ1v) is 10.7. The van der Waals surface area contributed by atoms with E-state index in [-0.39, 0.29) is 42.3 Å². The molecule has 7 nitrogen and oxygen atoms in total. The van der Waals surface area contributed by atoms with Crippen molar-refractivity contribution in [1.82, 2.24) is 20.9 Å². The highest BCUT2D eigenvalue weighted by atomic mass is 127. The zero-order valence-corrected chi connectivity index (χ0v) is 20.7. The van der Waals surface area contributed by atoms with Crippen LogP contribution in [0.5, 0.6) is 0 Å². The number of aliphatic imine (C=N–C) groups is 1. The zero-order valence-electron chi connectivity index (χ0n) is 18.4. The molecule has 0 radical (unpaired) electrons. The molecule has 1 aliphatic heterocycles. The van der Waals surface area contributed by atoms with Gasteiger partial charge in [-0.3, -0.25) is 9.59 Å². The number of amides is 2. The predicted molar refractivity (Wildman–Crippen MR) is 132 cm³/mol. The van der Waals surface area contributed by atoms with Crippen LogP contribution in [0.4, 0.5) is 0 Å².